The van der Waals surface area contributed by atoms with Gasteiger partial charge in [-0.3, -0.25) is 14.6 Å². The summed E-state index contributed by atoms with van der Waals surface area (Å²) in [6.07, 6.45) is 2.71. The Hall–Kier alpha value is -3.62. The lowest BCUT2D eigenvalue weighted by Crippen LogP contribution is -2.65. The smallest absolute Gasteiger partial charge is 0.328 e. The number of hydrogen-bond acceptors (Lipinski definition) is 7. The third kappa shape index (κ3) is 4.62. The summed E-state index contributed by atoms with van der Waals surface area (Å²) in [5, 5.41) is 6.53. The zero-order valence-corrected chi connectivity index (χ0v) is 19.2. The first-order valence-electron chi connectivity index (χ1n) is 11.3. The summed E-state index contributed by atoms with van der Waals surface area (Å²) >= 11 is 0. The number of benzene rings is 1. The van der Waals surface area contributed by atoms with Gasteiger partial charge in [0.15, 0.2) is 6.17 Å². The van der Waals surface area contributed by atoms with E-state index in [0.717, 1.165) is 35.5 Å². The molecule has 0 bridgehead atoms. The van der Waals surface area contributed by atoms with Gasteiger partial charge in [0.05, 0.1) is 7.11 Å². The molecule has 0 saturated carbocycles. The molecule has 2 atom stereocenters. The van der Waals surface area contributed by atoms with Crippen molar-refractivity contribution in [2.75, 3.05) is 25.5 Å². The first kappa shape index (κ1) is 22.6. The number of nitrogens with zero attached hydrogens (tertiary/aromatic N) is 4. The molecule has 9 heteroatoms. The van der Waals surface area contributed by atoms with Gasteiger partial charge in [0, 0.05) is 31.4 Å². The molecular weight excluding hydrogens is 420 g/mol. The van der Waals surface area contributed by atoms with E-state index >= 15 is 0 Å². The largest absolute Gasteiger partial charge is 0.497 e. The van der Waals surface area contributed by atoms with E-state index in [-0.39, 0.29) is 11.9 Å². The van der Waals surface area contributed by atoms with E-state index in [4.69, 9.17) is 9.73 Å². The number of aliphatic imine (C=N–C) groups is 1. The maximum Gasteiger partial charge on any atom is 0.328 e. The molecule has 1 aromatic carbocycles. The molecule has 2 aliphatic rings. The van der Waals surface area contributed by atoms with E-state index in [1.165, 1.54) is 4.90 Å². The summed E-state index contributed by atoms with van der Waals surface area (Å²) in [5.41, 5.74) is 1.89. The standard InChI is InChI=1S/C24H30N6O3/c1-4-12-29-22-20(23(31)30(13-5-2)24(29)32)27-21(28-22)17-8-11-19(26-15-17)25-14-16-6-9-18(33-3)10-7-16/h6-11,15,20,22H,4-5,12-14H2,1-3H3,(H,25,26)(H,27,28). The minimum Gasteiger partial charge on any atom is -0.497 e. The van der Waals surface area contributed by atoms with Crippen molar-refractivity contribution in [2.24, 2.45) is 4.99 Å². The Bertz CT molecular complexity index is 1020. The molecule has 2 aromatic rings. The highest BCUT2D eigenvalue weighted by Crippen LogP contribution is 2.25. The van der Waals surface area contributed by atoms with Gasteiger partial charge in [-0.2, -0.15) is 0 Å². The van der Waals surface area contributed by atoms with Crippen molar-refractivity contribution >= 4 is 23.6 Å². The number of urea groups is 1. The van der Waals surface area contributed by atoms with Crippen molar-refractivity contribution < 1.29 is 14.3 Å². The Morgan fingerprint density at radius 1 is 1.06 bits per heavy atom. The number of hydrogen-bond donors (Lipinski definition) is 2. The fourth-order valence-corrected chi connectivity index (χ4v) is 4.07. The molecule has 3 amide bonds. The summed E-state index contributed by atoms with van der Waals surface area (Å²) in [5.74, 6) is 1.92. The second kappa shape index (κ2) is 9.89. The van der Waals surface area contributed by atoms with Crippen LogP contribution in [0.4, 0.5) is 10.6 Å². The van der Waals surface area contributed by atoms with Crippen LogP contribution in [0.15, 0.2) is 47.6 Å². The number of nitrogens with one attached hydrogen (secondary N) is 2. The molecule has 2 aliphatic heterocycles. The first-order chi connectivity index (χ1) is 16.0. The van der Waals surface area contributed by atoms with Crippen molar-refractivity contribution in [1.29, 1.82) is 0 Å². The summed E-state index contributed by atoms with van der Waals surface area (Å²) < 4.78 is 5.18. The molecule has 2 N–H and O–H groups in total. The summed E-state index contributed by atoms with van der Waals surface area (Å²) in [7, 11) is 1.65. The van der Waals surface area contributed by atoms with E-state index in [1.807, 2.05) is 50.2 Å². The van der Waals surface area contributed by atoms with Crippen molar-refractivity contribution in [2.45, 2.75) is 45.4 Å². The monoisotopic (exact) mass is 450 g/mol. The highest BCUT2D eigenvalue weighted by atomic mass is 16.5. The molecule has 0 spiro atoms. The number of carbonyl (C=O) groups excluding carboxylic acids is 2. The molecule has 1 fully saturated rings. The number of amides is 3. The molecule has 4 rings (SSSR count). The number of carbonyl (C=O) groups is 2. The number of pyridine rings is 1. The van der Waals surface area contributed by atoms with Gasteiger partial charge in [0.1, 0.15) is 23.4 Å². The number of fused-ring (bicyclic) bond motifs is 1. The normalized spacial score (nSPS) is 19.8. The lowest BCUT2D eigenvalue weighted by Gasteiger charge is -2.40. The lowest BCUT2D eigenvalue weighted by molar-refractivity contribution is -0.134. The molecule has 0 aliphatic carbocycles. The maximum absolute atomic E-state index is 13.0. The van der Waals surface area contributed by atoms with E-state index in [0.29, 0.717) is 25.5 Å². The zero-order chi connectivity index (χ0) is 23.4. The van der Waals surface area contributed by atoms with Gasteiger partial charge in [-0.25, -0.2) is 14.8 Å². The predicted octanol–water partition coefficient (Wildman–Crippen LogP) is 2.83. The van der Waals surface area contributed by atoms with Crippen molar-refractivity contribution in [3.05, 3.63) is 53.7 Å². The van der Waals surface area contributed by atoms with Gasteiger partial charge in [0.2, 0.25) is 0 Å². The topological polar surface area (TPSA) is 99.2 Å². The van der Waals surface area contributed by atoms with Crippen LogP contribution < -0.4 is 15.4 Å². The van der Waals surface area contributed by atoms with Gasteiger partial charge < -0.3 is 15.4 Å². The maximum atomic E-state index is 13.0. The summed E-state index contributed by atoms with van der Waals surface area (Å²) in [6.45, 7) is 5.57. The summed E-state index contributed by atoms with van der Waals surface area (Å²) in [4.78, 5) is 38.1. The molecular formula is C24H30N6O3. The van der Waals surface area contributed by atoms with Crippen LogP contribution >= 0.6 is 0 Å². The fourth-order valence-electron chi connectivity index (χ4n) is 4.07. The van der Waals surface area contributed by atoms with Crippen LogP contribution in [0.3, 0.4) is 0 Å². The zero-order valence-electron chi connectivity index (χ0n) is 19.2. The Morgan fingerprint density at radius 2 is 1.82 bits per heavy atom. The van der Waals surface area contributed by atoms with Gasteiger partial charge >= 0.3 is 6.03 Å². The summed E-state index contributed by atoms with van der Waals surface area (Å²) in [6, 6.07) is 10.8. The number of rotatable bonds is 9. The molecule has 33 heavy (non-hydrogen) atoms. The highest BCUT2D eigenvalue weighted by Gasteiger charge is 2.49. The van der Waals surface area contributed by atoms with E-state index in [1.54, 1.807) is 18.2 Å². The predicted molar refractivity (Wildman–Crippen MR) is 126 cm³/mol. The molecule has 2 unspecified atom stereocenters. The van der Waals surface area contributed by atoms with Crippen molar-refractivity contribution in [3.8, 4) is 5.75 Å². The molecule has 174 valence electrons. The number of imide groups is 1. The minimum absolute atomic E-state index is 0.219. The van der Waals surface area contributed by atoms with Crippen molar-refractivity contribution in [1.82, 2.24) is 20.1 Å². The second-order valence-electron chi connectivity index (χ2n) is 8.11. The average molecular weight is 451 g/mol. The Labute approximate surface area is 193 Å². The Kier molecular flexibility index (Phi) is 6.76. The van der Waals surface area contributed by atoms with Gasteiger partial charge in [0.25, 0.3) is 5.91 Å². The highest BCUT2D eigenvalue weighted by molar-refractivity contribution is 6.08. The number of amidine groups is 1. The van der Waals surface area contributed by atoms with E-state index < -0.39 is 12.2 Å². The number of aromatic nitrogens is 1. The van der Waals surface area contributed by atoms with Gasteiger partial charge in [-0.15, -0.1) is 0 Å². The fraction of sp³-hybridized carbons (Fsp3) is 0.417. The third-order valence-electron chi connectivity index (χ3n) is 5.76. The average Bonchev–Trinajstić information content (AvgIpc) is 3.29. The number of methoxy groups -OCH3 is 1. The Balaban J connectivity index is 1.45. The van der Waals surface area contributed by atoms with E-state index in [9.17, 15) is 9.59 Å². The molecule has 1 saturated heterocycles. The van der Waals surface area contributed by atoms with Crippen LogP contribution in [0.25, 0.3) is 0 Å². The molecule has 3 heterocycles. The van der Waals surface area contributed by atoms with Gasteiger partial charge in [-0.05, 0) is 42.7 Å². The number of ether oxygens (including phenoxy) is 1. The Morgan fingerprint density at radius 3 is 2.45 bits per heavy atom. The first-order valence-corrected chi connectivity index (χ1v) is 11.3. The van der Waals surface area contributed by atoms with Crippen LogP contribution in [0.5, 0.6) is 5.75 Å². The second-order valence-corrected chi connectivity index (χ2v) is 8.11. The lowest BCUT2D eigenvalue weighted by atomic mass is 10.1. The van der Waals surface area contributed by atoms with E-state index in [2.05, 4.69) is 15.6 Å². The van der Waals surface area contributed by atoms with Crippen LogP contribution in [-0.4, -0.2) is 65.0 Å². The quantitative estimate of drug-likeness (QED) is 0.610. The minimum atomic E-state index is -0.566. The number of anilines is 1. The van der Waals surface area contributed by atoms with Crippen molar-refractivity contribution in [3.63, 3.8) is 0 Å². The molecule has 9 nitrogen and oxygen atoms in total. The third-order valence-corrected chi connectivity index (χ3v) is 5.76. The molecule has 1 aromatic heterocycles. The van der Waals surface area contributed by atoms with Crippen LogP contribution in [0.1, 0.15) is 37.8 Å². The van der Waals surface area contributed by atoms with Crippen LogP contribution in [0.2, 0.25) is 0 Å². The SMILES string of the molecule is CCCN1C(=O)C2NC(c3ccc(NCc4ccc(OC)cc4)nc3)=NC2N(CCC)C1=O. The van der Waals surface area contributed by atoms with Crippen LogP contribution in [0, 0.1) is 0 Å². The van der Waals surface area contributed by atoms with Crippen LogP contribution in [-0.2, 0) is 11.3 Å². The molecule has 0 radical (unpaired) electrons. The van der Waals surface area contributed by atoms with Gasteiger partial charge in [-0.1, -0.05) is 26.0 Å².